The lowest BCUT2D eigenvalue weighted by Gasteiger charge is -2.23. The summed E-state index contributed by atoms with van der Waals surface area (Å²) >= 11 is 0. The molecule has 0 bridgehead atoms. The van der Waals surface area contributed by atoms with E-state index in [1.807, 2.05) is 73.3 Å². The summed E-state index contributed by atoms with van der Waals surface area (Å²) in [5.41, 5.74) is -1.31. The van der Waals surface area contributed by atoms with E-state index in [-0.39, 0.29) is 32.6 Å². The molecule has 6 N–H and O–H groups in total. The van der Waals surface area contributed by atoms with Crippen molar-refractivity contribution in [2.75, 3.05) is 13.2 Å². The molecule has 0 saturated carbocycles. The lowest BCUT2D eigenvalue weighted by molar-refractivity contribution is -0.0980. The van der Waals surface area contributed by atoms with Gasteiger partial charge in [0.15, 0.2) is 0 Å². The van der Waals surface area contributed by atoms with Crippen LogP contribution >= 0.6 is 7.75 Å². The molecule has 6 rings (SSSR count). The van der Waals surface area contributed by atoms with E-state index in [4.69, 9.17) is 28.4 Å². The SMILES string of the molecule is C=O.Cc1ccccc1COP(=O)(NCc1ccccc1)OCC1OC(n2cc(F)c(=O)[nH]c2=O)CC1O.O=c1[nH]c(=O)n(C2CC(O)C(CO)O2)cc1F. The maximum Gasteiger partial charge on any atom is 0.406 e. The number of carbonyl (C=O) groups is 1. The van der Waals surface area contributed by atoms with Gasteiger partial charge in [-0.3, -0.25) is 37.7 Å². The van der Waals surface area contributed by atoms with Crippen molar-refractivity contribution in [1.82, 2.24) is 24.2 Å². The monoisotopic (exact) mass is 795 g/mol. The van der Waals surface area contributed by atoms with E-state index in [1.54, 1.807) is 4.98 Å². The Hall–Kier alpha value is -4.76. The van der Waals surface area contributed by atoms with Crippen molar-refractivity contribution >= 4 is 14.5 Å². The van der Waals surface area contributed by atoms with Crippen molar-refractivity contribution < 1.29 is 52.0 Å². The third kappa shape index (κ3) is 11.4. The van der Waals surface area contributed by atoms with Crippen LogP contribution in [0.4, 0.5) is 8.78 Å². The standard InChI is InChI=1S/C24H27FN3O7P.C9H11FN2O5.CH2O/c1-16-7-5-6-10-18(16)14-33-36(32,26-12-17-8-3-2-4-9-17)34-15-21-20(29)11-22(35-21)28-13-19(25)23(30)27-24(28)31;10-4-2-12(9(16)11-8(4)15)7-1-5(14)6(3-13)17-7;1-2/h2-10,13,20-22,29H,11-12,14-15H2,1H3,(H,26,32)(H,27,30,31);2,5-7,13-14H,1,3H2,(H,11,15,16);1H2. The molecule has 7 unspecified atom stereocenters. The third-order valence-corrected chi connectivity index (χ3v) is 9.94. The second kappa shape index (κ2) is 19.7. The van der Waals surface area contributed by atoms with Gasteiger partial charge >= 0.3 is 19.1 Å². The van der Waals surface area contributed by atoms with Crippen molar-refractivity contribution in [3.63, 3.8) is 0 Å². The highest BCUT2D eigenvalue weighted by Crippen LogP contribution is 2.46. The number of H-pyrrole nitrogens is 2. The average molecular weight is 796 g/mol. The molecule has 0 aliphatic carbocycles. The fourth-order valence-electron chi connectivity index (χ4n) is 5.45. The third-order valence-electron chi connectivity index (χ3n) is 8.44. The first-order chi connectivity index (χ1) is 26.3. The number of nitrogens with zero attached hydrogens (tertiary/aromatic N) is 2. The number of rotatable bonds is 12. The van der Waals surface area contributed by atoms with E-state index < -0.39 is 85.4 Å². The molecule has 4 aromatic rings. The van der Waals surface area contributed by atoms with Crippen LogP contribution in [-0.2, 0) is 41.0 Å². The van der Waals surface area contributed by atoms with Gasteiger partial charge in [0, 0.05) is 19.4 Å². The van der Waals surface area contributed by atoms with Gasteiger partial charge in [0.05, 0.1) is 44.4 Å². The smallest absolute Gasteiger partial charge is 0.394 e. The molecule has 2 aliphatic heterocycles. The Kier molecular flexibility index (Phi) is 15.4. The number of carbonyl (C=O) groups excluding carboxylic acids is 1. The highest BCUT2D eigenvalue weighted by atomic mass is 31.2. The number of aryl methyl sites for hydroxylation is 1. The van der Waals surface area contributed by atoms with Gasteiger partial charge in [-0.1, -0.05) is 54.6 Å². The highest BCUT2D eigenvalue weighted by Gasteiger charge is 2.38. The van der Waals surface area contributed by atoms with E-state index in [2.05, 4.69) is 5.09 Å². The van der Waals surface area contributed by atoms with E-state index in [0.29, 0.717) is 0 Å². The number of aromatic nitrogens is 4. The van der Waals surface area contributed by atoms with Crippen molar-refractivity contribution in [2.45, 2.75) is 69.8 Å². The highest BCUT2D eigenvalue weighted by molar-refractivity contribution is 7.51. The van der Waals surface area contributed by atoms with Gasteiger partial charge in [-0.05, 0) is 23.6 Å². The van der Waals surface area contributed by atoms with Gasteiger partial charge in [-0.25, -0.2) is 19.2 Å². The number of aromatic amines is 2. The van der Waals surface area contributed by atoms with Gasteiger partial charge in [0.2, 0.25) is 11.6 Å². The number of hydrogen-bond acceptors (Lipinski definition) is 13. The summed E-state index contributed by atoms with van der Waals surface area (Å²) in [6.07, 6.45) is -4.37. The molecule has 2 saturated heterocycles. The zero-order valence-electron chi connectivity index (χ0n) is 29.3. The zero-order chi connectivity index (χ0) is 40.3. The average Bonchev–Trinajstić information content (AvgIpc) is 3.75. The Bertz CT molecular complexity index is 2170. The number of halogens is 2. The minimum atomic E-state index is -3.88. The van der Waals surface area contributed by atoms with Crippen LogP contribution in [0.25, 0.3) is 0 Å². The lowest BCUT2D eigenvalue weighted by atomic mass is 10.1. The predicted molar refractivity (Wildman–Crippen MR) is 189 cm³/mol. The molecule has 0 spiro atoms. The Morgan fingerprint density at radius 2 is 1.35 bits per heavy atom. The summed E-state index contributed by atoms with van der Waals surface area (Å²) in [7, 11) is -3.88. The summed E-state index contributed by atoms with van der Waals surface area (Å²) in [5, 5.41) is 31.6. The fraction of sp³-hybridized carbons (Fsp3) is 0.382. The molecular weight excluding hydrogens is 755 g/mol. The number of hydrogen-bond donors (Lipinski definition) is 6. The summed E-state index contributed by atoms with van der Waals surface area (Å²) < 4.78 is 64.2. The number of ether oxygens (including phenoxy) is 2. The Morgan fingerprint density at radius 3 is 1.87 bits per heavy atom. The predicted octanol–water partition coefficient (Wildman–Crippen LogP) is 0.895. The molecule has 2 aromatic heterocycles. The van der Waals surface area contributed by atoms with Gasteiger partial charge in [-0.15, -0.1) is 0 Å². The first kappa shape index (κ1) is 43.0. The molecule has 21 heteroatoms. The van der Waals surface area contributed by atoms with Crippen LogP contribution in [-0.4, -0.2) is 78.8 Å². The second-order valence-electron chi connectivity index (χ2n) is 12.1. The first-order valence-corrected chi connectivity index (χ1v) is 18.1. The van der Waals surface area contributed by atoms with Crippen molar-refractivity contribution in [3.8, 4) is 0 Å². The molecule has 2 fully saturated rings. The van der Waals surface area contributed by atoms with Gasteiger partial charge in [0.25, 0.3) is 11.1 Å². The second-order valence-corrected chi connectivity index (χ2v) is 14.0. The zero-order valence-corrected chi connectivity index (χ0v) is 30.2. The van der Waals surface area contributed by atoms with Crippen LogP contribution in [0.1, 0.15) is 42.0 Å². The fourth-order valence-corrected chi connectivity index (χ4v) is 6.73. The number of aliphatic hydroxyl groups is 3. The van der Waals surface area contributed by atoms with Gasteiger partial charge in [0.1, 0.15) is 31.5 Å². The number of aliphatic hydroxyl groups excluding tert-OH is 3. The summed E-state index contributed by atoms with van der Waals surface area (Å²) in [5.74, 6) is -2.28. The number of nitrogens with one attached hydrogen (secondary N) is 3. The number of benzene rings is 2. The molecule has 2 aliphatic rings. The quantitative estimate of drug-likeness (QED) is 0.109. The Balaban J connectivity index is 0.000000295. The maximum absolute atomic E-state index is 13.7. The van der Waals surface area contributed by atoms with Crippen LogP contribution in [0.3, 0.4) is 0 Å². The topological polar surface area (TPSA) is 253 Å². The molecule has 0 radical (unpaired) electrons. The molecule has 0 amide bonds. The first-order valence-electron chi connectivity index (χ1n) is 16.6. The van der Waals surface area contributed by atoms with E-state index in [1.165, 1.54) is 0 Å². The van der Waals surface area contributed by atoms with Gasteiger partial charge < -0.3 is 29.6 Å². The molecule has 18 nitrogen and oxygen atoms in total. The van der Waals surface area contributed by atoms with Crippen molar-refractivity contribution in [1.29, 1.82) is 0 Å². The summed E-state index contributed by atoms with van der Waals surface area (Å²) in [4.78, 5) is 57.2. The van der Waals surface area contributed by atoms with Gasteiger partial charge in [-0.2, -0.15) is 8.78 Å². The molecule has 2 aromatic carbocycles. The Morgan fingerprint density at radius 1 is 0.836 bits per heavy atom. The van der Waals surface area contributed by atoms with E-state index >= 15 is 0 Å². The minimum absolute atomic E-state index is 0.0223. The van der Waals surface area contributed by atoms with Crippen LogP contribution in [0.5, 0.6) is 0 Å². The van der Waals surface area contributed by atoms with E-state index in [9.17, 15) is 42.7 Å². The largest absolute Gasteiger partial charge is 0.406 e. The molecular formula is C34H40F2N5O13P. The molecule has 55 heavy (non-hydrogen) atoms. The maximum atomic E-state index is 13.7. The van der Waals surface area contributed by atoms with Crippen molar-refractivity contribution in [3.05, 3.63) is 137 Å². The normalized spacial score (nSPS) is 22.9. The summed E-state index contributed by atoms with van der Waals surface area (Å²) in [6, 6.07) is 16.8. The molecule has 7 atom stereocenters. The van der Waals surface area contributed by atoms with Crippen LogP contribution in [0.2, 0.25) is 0 Å². The van der Waals surface area contributed by atoms with Crippen LogP contribution in [0, 0.1) is 18.6 Å². The molecule has 298 valence electrons. The molecule has 4 heterocycles. The van der Waals surface area contributed by atoms with Crippen LogP contribution in [0.15, 0.2) is 86.2 Å². The minimum Gasteiger partial charge on any atom is -0.394 e. The Labute approximate surface area is 310 Å². The van der Waals surface area contributed by atoms with Crippen molar-refractivity contribution in [2.24, 2.45) is 0 Å². The lowest BCUT2D eigenvalue weighted by Crippen LogP contribution is -2.34. The summed E-state index contributed by atoms with van der Waals surface area (Å²) in [6.45, 7) is 3.40. The van der Waals surface area contributed by atoms with Crippen LogP contribution < -0.4 is 27.6 Å². The van der Waals surface area contributed by atoms with E-state index in [0.717, 1.165) is 38.2 Å².